The number of nitro groups is 1. The lowest BCUT2D eigenvalue weighted by Gasteiger charge is -2.16. The molecule has 0 spiro atoms. The summed E-state index contributed by atoms with van der Waals surface area (Å²) in [5.74, 6) is 0.725. The maximum atomic E-state index is 10.9. The second-order valence-corrected chi connectivity index (χ2v) is 5.24. The molecule has 1 aromatic carbocycles. The first-order valence-corrected chi connectivity index (χ1v) is 6.64. The molecule has 2 N–H and O–H groups in total. The summed E-state index contributed by atoms with van der Waals surface area (Å²) < 4.78 is 0. The van der Waals surface area contributed by atoms with Crippen molar-refractivity contribution in [2.75, 3.05) is 0 Å². The van der Waals surface area contributed by atoms with Crippen LogP contribution in [0.15, 0.2) is 24.3 Å². The molecule has 0 amide bonds. The predicted molar refractivity (Wildman–Crippen MR) is 71.4 cm³/mol. The topological polar surface area (TPSA) is 69.2 Å². The first kappa shape index (κ1) is 13.0. The highest BCUT2D eigenvalue weighted by Crippen LogP contribution is 2.29. The zero-order valence-corrected chi connectivity index (χ0v) is 10.5. The molecule has 4 heteroatoms. The fraction of sp³-hybridized carbons (Fsp3) is 0.571. The SMILES string of the molecule is NC(Cc1ccccc1[N+](=O)[O-])CC1CCCC1. The van der Waals surface area contributed by atoms with Gasteiger partial charge in [-0.05, 0) is 18.8 Å². The molecule has 1 aliphatic carbocycles. The molecule has 1 aromatic rings. The highest BCUT2D eigenvalue weighted by Gasteiger charge is 2.20. The fourth-order valence-electron chi connectivity index (χ4n) is 2.90. The Bertz CT molecular complexity index is 414. The van der Waals surface area contributed by atoms with Gasteiger partial charge < -0.3 is 5.73 Å². The number of nitrogens with zero attached hydrogens (tertiary/aromatic N) is 1. The third-order valence-electron chi connectivity index (χ3n) is 3.78. The molecule has 1 fully saturated rings. The molecule has 0 radical (unpaired) electrons. The Hall–Kier alpha value is -1.42. The molecule has 98 valence electrons. The number of benzene rings is 1. The van der Waals surface area contributed by atoms with Crippen molar-refractivity contribution < 1.29 is 4.92 Å². The zero-order valence-electron chi connectivity index (χ0n) is 10.5. The fourth-order valence-corrected chi connectivity index (χ4v) is 2.90. The Morgan fingerprint density at radius 2 is 2.00 bits per heavy atom. The van der Waals surface area contributed by atoms with E-state index in [-0.39, 0.29) is 16.7 Å². The minimum Gasteiger partial charge on any atom is -0.327 e. The zero-order chi connectivity index (χ0) is 13.0. The maximum Gasteiger partial charge on any atom is 0.272 e. The number of nitrogens with two attached hydrogens (primary N) is 1. The van der Waals surface area contributed by atoms with Crippen LogP contribution in [0.4, 0.5) is 5.69 Å². The predicted octanol–water partition coefficient (Wildman–Crippen LogP) is 3.04. The molecular formula is C14H20N2O2. The van der Waals surface area contributed by atoms with E-state index >= 15 is 0 Å². The van der Waals surface area contributed by atoms with Gasteiger partial charge in [-0.25, -0.2) is 0 Å². The Balaban J connectivity index is 1.97. The normalized spacial score (nSPS) is 17.8. The first-order chi connectivity index (χ1) is 8.66. The van der Waals surface area contributed by atoms with Crippen LogP contribution in [0.2, 0.25) is 0 Å². The molecule has 1 saturated carbocycles. The van der Waals surface area contributed by atoms with Crippen LogP contribution < -0.4 is 5.73 Å². The van der Waals surface area contributed by atoms with Crippen LogP contribution in [-0.2, 0) is 6.42 Å². The van der Waals surface area contributed by atoms with Gasteiger partial charge in [0.05, 0.1) is 4.92 Å². The van der Waals surface area contributed by atoms with Crippen LogP contribution in [-0.4, -0.2) is 11.0 Å². The second kappa shape index (κ2) is 5.96. The number of hydrogen-bond acceptors (Lipinski definition) is 3. The van der Waals surface area contributed by atoms with Crippen LogP contribution in [0.1, 0.15) is 37.7 Å². The van der Waals surface area contributed by atoms with E-state index in [4.69, 9.17) is 5.73 Å². The molecule has 0 aromatic heterocycles. The van der Waals surface area contributed by atoms with Gasteiger partial charge in [-0.15, -0.1) is 0 Å². The molecule has 1 aliphatic rings. The second-order valence-electron chi connectivity index (χ2n) is 5.24. The van der Waals surface area contributed by atoms with E-state index < -0.39 is 0 Å². The average molecular weight is 248 g/mol. The molecule has 18 heavy (non-hydrogen) atoms. The van der Waals surface area contributed by atoms with Crippen LogP contribution in [0.25, 0.3) is 0 Å². The van der Waals surface area contributed by atoms with Gasteiger partial charge >= 0.3 is 0 Å². The van der Waals surface area contributed by atoms with E-state index in [9.17, 15) is 10.1 Å². The Kier molecular flexibility index (Phi) is 4.31. The molecule has 0 bridgehead atoms. The van der Waals surface area contributed by atoms with Crippen molar-refractivity contribution in [3.63, 3.8) is 0 Å². The molecule has 2 rings (SSSR count). The lowest BCUT2D eigenvalue weighted by Crippen LogP contribution is -2.25. The van der Waals surface area contributed by atoms with Crippen molar-refractivity contribution in [2.24, 2.45) is 11.7 Å². The van der Waals surface area contributed by atoms with E-state index in [2.05, 4.69) is 0 Å². The molecule has 4 nitrogen and oxygen atoms in total. The van der Waals surface area contributed by atoms with E-state index in [0.717, 1.165) is 17.9 Å². The van der Waals surface area contributed by atoms with Crippen molar-refractivity contribution in [3.05, 3.63) is 39.9 Å². The summed E-state index contributed by atoms with van der Waals surface area (Å²) in [6, 6.07) is 6.94. The van der Waals surface area contributed by atoms with E-state index in [1.165, 1.54) is 25.7 Å². The summed E-state index contributed by atoms with van der Waals surface area (Å²) in [7, 11) is 0. The van der Waals surface area contributed by atoms with E-state index in [0.29, 0.717) is 6.42 Å². The summed E-state index contributed by atoms with van der Waals surface area (Å²) in [6.45, 7) is 0. The van der Waals surface area contributed by atoms with E-state index in [1.54, 1.807) is 12.1 Å². The maximum absolute atomic E-state index is 10.9. The number of para-hydroxylation sites is 1. The quantitative estimate of drug-likeness (QED) is 0.643. The third kappa shape index (κ3) is 3.29. The third-order valence-corrected chi connectivity index (χ3v) is 3.78. The van der Waals surface area contributed by atoms with Crippen molar-refractivity contribution in [3.8, 4) is 0 Å². The summed E-state index contributed by atoms with van der Waals surface area (Å²) in [5, 5.41) is 10.9. The summed E-state index contributed by atoms with van der Waals surface area (Å²) >= 11 is 0. The summed E-state index contributed by atoms with van der Waals surface area (Å²) in [5.41, 5.74) is 7.08. The largest absolute Gasteiger partial charge is 0.327 e. The van der Waals surface area contributed by atoms with Crippen LogP contribution >= 0.6 is 0 Å². The molecule has 1 atom stereocenters. The lowest BCUT2D eigenvalue weighted by molar-refractivity contribution is -0.385. The van der Waals surface area contributed by atoms with E-state index in [1.807, 2.05) is 12.1 Å². The smallest absolute Gasteiger partial charge is 0.272 e. The first-order valence-electron chi connectivity index (χ1n) is 6.64. The highest BCUT2D eigenvalue weighted by atomic mass is 16.6. The van der Waals surface area contributed by atoms with Crippen molar-refractivity contribution in [2.45, 2.75) is 44.6 Å². The summed E-state index contributed by atoms with van der Waals surface area (Å²) in [4.78, 5) is 10.6. The number of nitro benzene ring substituents is 1. The molecular weight excluding hydrogens is 228 g/mol. The van der Waals surface area contributed by atoms with Crippen molar-refractivity contribution >= 4 is 5.69 Å². The number of rotatable bonds is 5. The van der Waals surface area contributed by atoms with Gasteiger partial charge in [0.2, 0.25) is 0 Å². The monoisotopic (exact) mass is 248 g/mol. The van der Waals surface area contributed by atoms with Gasteiger partial charge in [0.25, 0.3) is 5.69 Å². The number of hydrogen-bond donors (Lipinski definition) is 1. The molecule has 0 aliphatic heterocycles. The van der Waals surface area contributed by atoms with Gasteiger partial charge in [0, 0.05) is 17.7 Å². The van der Waals surface area contributed by atoms with Gasteiger partial charge in [-0.3, -0.25) is 10.1 Å². The van der Waals surface area contributed by atoms with Crippen LogP contribution in [0, 0.1) is 16.0 Å². The van der Waals surface area contributed by atoms with Gasteiger partial charge in [-0.1, -0.05) is 43.9 Å². The van der Waals surface area contributed by atoms with Crippen molar-refractivity contribution in [1.29, 1.82) is 0 Å². The molecule has 1 unspecified atom stereocenters. The summed E-state index contributed by atoms with van der Waals surface area (Å²) in [6.07, 6.45) is 6.75. The van der Waals surface area contributed by atoms with Gasteiger partial charge in [0.1, 0.15) is 0 Å². The minimum atomic E-state index is -0.322. The van der Waals surface area contributed by atoms with Crippen molar-refractivity contribution in [1.82, 2.24) is 0 Å². The Morgan fingerprint density at radius 1 is 1.33 bits per heavy atom. The van der Waals surface area contributed by atoms with Crippen LogP contribution in [0.5, 0.6) is 0 Å². The lowest BCUT2D eigenvalue weighted by atomic mass is 9.94. The standard InChI is InChI=1S/C14H20N2O2/c15-13(9-11-5-1-2-6-11)10-12-7-3-4-8-14(12)16(17)18/h3-4,7-8,11,13H,1-2,5-6,9-10,15H2. The highest BCUT2D eigenvalue weighted by molar-refractivity contribution is 5.40. The molecule has 0 saturated heterocycles. The Labute approximate surface area is 107 Å². The Morgan fingerprint density at radius 3 is 2.67 bits per heavy atom. The minimum absolute atomic E-state index is 0.0363. The van der Waals surface area contributed by atoms with Gasteiger partial charge in [0.15, 0.2) is 0 Å². The molecule has 0 heterocycles. The van der Waals surface area contributed by atoms with Gasteiger partial charge in [-0.2, -0.15) is 0 Å². The van der Waals surface area contributed by atoms with Crippen LogP contribution in [0.3, 0.4) is 0 Å². The average Bonchev–Trinajstić information content (AvgIpc) is 2.82.